The van der Waals surface area contributed by atoms with Crippen LogP contribution in [-0.4, -0.2) is 19.6 Å². The van der Waals surface area contributed by atoms with E-state index in [4.69, 9.17) is 4.98 Å². The summed E-state index contributed by atoms with van der Waals surface area (Å²) in [6, 6.07) is 10.6. The van der Waals surface area contributed by atoms with Crippen molar-refractivity contribution in [1.82, 2.24) is 19.6 Å². The zero-order valence-electron chi connectivity index (χ0n) is 15.2. The first kappa shape index (κ1) is 16.6. The molecule has 3 rings (SSSR count). The average Bonchev–Trinajstić information content (AvgIpc) is 3.00. The molecule has 3 heterocycles. The molecule has 0 amide bonds. The molecule has 0 saturated heterocycles. The Bertz CT molecular complexity index is 840. The van der Waals surface area contributed by atoms with Crippen LogP contribution in [0.15, 0.2) is 42.9 Å². The van der Waals surface area contributed by atoms with Crippen molar-refractivity contribution in [3.05, 3.63) is 59.8 Å². The lowest BCUT2D eigenvalue weighted by molar-refractivity contribution is 0.473. The van der Waals surface area contributed by atoms with Gasteiger partial charge in [0.15, 0.2) is 5.65 Å². The first-order valence-electron chi connectivity index (χ1n) is 8.52. The van der Waals surface area contributed by atoms with E-state index in [9.17, 15) is 0 Å². The van der Waals surface area contributed by atoms with E-state index in [1.165, 1.54) is 11.3 Å². The minimum Gasteiger partial charge on any atom is -0.289 e. The highest BCUT2D eigenvalue weighted by Gasteiger charge is 2.22. The van der Waals surface area contributed by atoms with Crippen molar-refractivity contribution >= 4 is 5.65 Å². The second-order valence-electron chi connectivity index (χ2n) is 8.16. The highest BCUT2D eigenvalue weighted by Crippen LogP contribution is 2.29. The van der Waals surface area contributed by atoms with Gasteiger partial charge < -0.3 is 0 Å². The van der Waals surface area contributed by atoms with Gasteiger partial charge in [-0.15, -0.1) is 10.2 Å². The lowest BCUT2D eigenvalue weighted by Gasteiger charge is -2.25. The minimum absolute atomic E-state index is 0.0673. The highest BCUT2D eigenvalue weighted by molar-refractivity contribution is 5.39. The Labute approximate surface area is 144 Å². The van der Waals surface area contributed by atoms with Crippen molar-refractivity contribution in [3.63, 3.8) is 0 Å². The summed E-state index contributed by atoms with van der Waals surface area (Å²) in [5.74, 6) is 0. The van der Waals surface area contributed by atoms with E-state index in [0.29, 0.717) is 0 Å². The van der Waals surface area contributed by atoms with Crippen LogP contribution >= 0.6 is 0 Å². The normalized spacial score (nSPS) is 12.7. The van der Waals surface area contributed by atoms with E-state index in [-0.39, 0.29) is 10.8 Å². The van der Waals surface area contributed by atoms with Gasteiger partial charge in [-0.05, 0) is 42.0 Å². The summed E-state index contributed by atoms with van der Waals surface area (Å²) in [5.41, 5.74) is 4.66. The molecule has 0 N–H and O–H groups in total. The zero-order chi connectivity index (χ0) is 17.4. The molecule has 0 saturated carbocycles. The topological polar surface area (TPSA) is 43.1 Å². The largest absolute Gasteiger partial charge is 0.289 e. The maximum atomic E-state index is 4.86. The van der Waals surface area contributed by atoms with Gasteiger partial charge in [0.05, 0.1) is 0 Å². The third-order valence-corrected chi connectivity index (χ3v) is 4.65. The number of hydrogen-bond donors (Lipinski definition) is 0. The Kier molecular flexibility index (Phi) is 4.16. The van der Waals surface area contributed by atoms with Crippen molar-refractivity contribution in [2.75, 3.05) is 0 Å². The fourth-order valence-electron chi connectivity index (χ4n) is 2.85. The van der Waals surface area contributed by atoms with Gasteiger partial charge in [0.25, 0.3) is 0 Å². The van der Waals surface area contributed by atoms with Gasteiger partial charge in [-0.2, -0.15) is 0 Å². The van der Waals surface area contributed by atoms with Crippen molar-refractivity contribution in [2.24, 2.45) is 0 Å². The van der Waals surface area contributed by atoms with E-state index < -0.39 is 0 Å². The predicted molar refractivity (Wildman–Crippen MR) is 97.3 cm³/mol. The number of pyridine rings is 2. The molecule has 24 heavy (non-hydrogen) atoms. The molecule has 0 bridgehead atoms. The van der Waals surface area contributed by atoms with Crippen LogP contribution < -0.4 is 0 Å². The number of hydrogen-bond acceptors (Lipinski definition) is 3. The van der Waals surface area contributed by atoms with Crippen LogP contribution in [0, 0.1) is 0 Å². The molecule has 0 radical (unpaired) electrons. The SMILES string of the molecule is CC(C)(C)c1cccc(CCC(C)(C)c2ccc3nncn3c2)n1. The van der Waals surface area contributed by atoms with E-state index in [1.807, 2.05) is 10.5 Å². The molecule has 0 spiro atoms. The Morgan fingerprint density at radius 2 is 1.79 bits per heavy atom. The third-order valence-electron chi connectivity index (χ3n) is 4.65. The lowest BCUT2D eigenvalue weighted by Crippen LogP contribution is -2.20. The van der Waals surface area contributed by atoms with Gasteiger partial charge in [-0.25, -0.2) is 0 Å². The number of aryl methyl sites for hydroxylation is 1. The predicted octanol–water partition coefficient (Wildman–Crippen LogP) is 4.33. The summed E-state index contributed by atoms with van der Waals surface area (Å²) in [7, 11) is 0. The molecule has 0 aromatic carbocycles. The van der Waals surface area contributed by atoms with E-state index in [0.717, 1.165) is 24.2 Å². The molecule has 0 fully saturated rings. The van der Waals surface area contributed by atoms with Crippen LogP contribution in [0.2, 0.25) is 0 Å². The van der Waals surface area contributed by atoms with E-state index in [1.54, 1.807) is 6.33 Å². The average molecular weight is 322 g/mol. The molecule has 0 aliphatic rings. The van der Waals surface area contributed by atoms with Gasteiger partial charge >= 0.3 is 0 Å². The second-order valence-corrected chi connectivity index (χ2v) is 8.16. The molecule has 126 valence electrons. The van der Waals surface area contributed by atoms with Crippen LogP contribution in [0.4, 0.5) is 0 Å². The van der Waals surface area contributed by atoms with Gasteiger partial charge in [0.2, 0.25) is 0 Å². The zero-order valence-corrected chi connectivity index (χ0v) is 15.2. The van der Waals surface area contributed by atoms with Crippen molar-refractivity contribution in [1.29, 1.82) is 0 Å². The summed E-state index contributed by atoms with van der Waals surface area (Å²) in [6.45, 7) is 11.2. The van der Waals surface area contributed by atoms with Crippen LogP contribution in [0.25, 0.3) is 5.65 Å². The smallest absolute Gasteiger partial charge is 0.160 e. The molecule has 0 aliphatic heterocycles. The van der Waals surface area contributed by atoms with Crippen molar-refractivity contribution in [3.8, 4) is 0 Å². The number of aromatic nitrogens is 4. The van der Waals surface area contributed by atoms with Crippen molar-refractivity contribution < 1.29 is 0 Å². The number of rotatable bonds is 4. The Morgan fingerprint density at radius 3 is 2.54 bits per heavy atom. The van der Waals surface area contributed by atoms with Gasteiger partial charge in [0, 0.05) is 23.0 Å². The summed E-state index contributed by atoms with van der Waals surface area (Å²) in [5, 5.41) is 8.02. The van der Waals surface area contributed by atoms with Crippen LogP contribution in [0.5, 0.6) is 0 Å². The fraction of sp³-hybridized carbons (Fsp3) is 0.450. The Hall–Kier alpha value is -2.23. The minimum atomic E-state index is 0.0673. The Balaban J connectivity index is 1.77. The van der Waals surface area contributed by atoms with E-state index in [2.05, 4.69) is 75.3 Å². The van der Waals surface area contributed by atoms with Crippen molar-refractivity contribution in [2.45, 2.75) is 58.3 Å². The molecular formula is C20H26N4. The molecule has 0 aliphatic carbocycles. The standard InChI is InChI=1S/C20H26N4/c1-19(2,3)17-8-6-7-16(22-17)11-12-20(4,5)15-9-10-18-23-21-14-24(18)13-15/h6-10,13-14H,11-12H2,1-5H3. The molecule has 3 aromatic heterocycles. The summed E-state index contributed by atoms with van der Waals surface area (Å²) in [4.78, 5) is 4.86. The molecule has 0 atom stereocenters. The monoisotopic (exact) mass is 322 g/mol. The number of nitrogens with zero attached hydrogens (tertiary/aromatic N) is 4. The van der Waals surface area contributed by atoms with Gasteiger partial charge in [-0.3, -0.25) is 9.38 Å². The molecular weight excluding hydrogens is 296 g/mol. The number of fused-ring (bicyclic) bond motifs is 1. The highest BCUT2D eigenvalue weighted by atomic mass is 15.2. The lowest BCUT2D eigenvalue weighted by atomic mass is 9.81. The van der Waals surface area contributed by atoms with Gasteiger partial charge in [-0.1, -0.05) is 46.8 Å². The van der Waals surface area contributed by atoms with Crippen LogP contribution in [0.3, 0.4) is 0 Å². The summed E-state index contributed by atoms with van der Waals surface area (Å²) < 4.78 is 1.98. The fourth-order valence-corrected chi connectivity index (χ4v) is 2.85. The van der Waals surface area contributed by atoms with Crippen LogP contribution in [-0.2, 0) is 17.3 Å². The molecule has 3 aromatic rings. The van der Waals surface area contributed by atoms with E-state index >= 15 is 0 Å². The summed E-state index contributed by atoms with van der Waals surface area (Å²) >= 11 is 0. The molecule has 4 nitrogen and oxygen atoms in total. The van der Waals surface area contributed by atoms with Gasteiger partial charge in [0.1, 0.15) is 6.33 Å². The maximum Gasteiger partial charge on any atom is 0.160 e. The molecule has 0 unspecified atom stereocenters. The first-order valence-corrected chi connectivity index (χ1v) is 8.52. The molecule has 4 heteroatoms. The summed E-state index contributed by atoms with van der Waals surface area (Å²) in [6.07, 6.45) is 5.90. The quantitative estimate of drug-likeness (QED) is 0.718. The Morgan fingerprint density at radius 1 is 1.00 bits per heavy atom. The second kappa shape index (κ2) is 6.00. The maximum absolute atomic E-state index is 4.86. The van der Waals surface area contributed by atoms with Crippen LogP contribution in [0.1, 0.15) is 58.0 Å². The third kappa shape index (κ3) is 3.48. The first-order chi connectivity index (χ1) is 11.3.